The van der Waals surface area contributed by atoms with Gasteiger partial charge >= 0.3 is 296 Å². The molecule has 0 aromatic heterocycles. The van der Waals surface area contributed by atoms with Crippen molar-refractivity contribution in [2.24, 2.45) is 0 Å². The summed E-state index contributed by atoms with van der Waals surface area (Å²) in [6, 6.07) is 26.5. The van der Waals surface area contributed by atoms with Crippen LogP contribution in [0.2, 0.25) is 0 Å². The van der Waals surface area contributed by atoms with Crippen LogP contribution in [0.3, 0.4) is 0 Å². The summed E-state index contributed by atoms with van der Waals surface area (Å²) >= 11 is 0.0876. The first-order chi connectivity index (χ1) is 20.5. The molecule has 0 saturated carbocycles. The van der Waals surface area contributed by atoms with Gasteiger partial charge in [-0.25, -0.2) is 0 Å². The monoisotopic (exact) mass is 952 g/mol. The molecule has 0 unspecified atom stereocenters. The molecule has 0 bridgehead atoms. The van der Waals surface area contributed by atoms with Gasteiger partial charge in [0.2, 0.25) is 0 Å². The van der Waals surface area contributed by atoms with Crippen LogP contribution in [-0.4, -0.2) is 4.21 Å². The number of aryl methyl sites for hydroxylation is 1. The first kappa shape index (κ1) is 38.0. The summed E-state index contributed by atoms with van der Waals surface area (Å²) in [5, 5.41) is 0. The summed E-state index contributed by atoms with van der Waals surface area (Å²) in [6.45, 7) is 18.9. The molecule has 242 valence electrons. The number of allylic oxidation sites excluding steroid dienone is 4. The van der Waals surface area contributed by atoms with Gasteiger partial charge in [0.1, 0.15) is 0 Å². The maximum atomic E-state index is 5.75. The Labute approximate surface area is 317 Å². The van der Waals surface area contributed by atoms with E-state index in [9.17, 15) is 0 Å². The van der Waals surface area contributed by atoms with Crippen LogP contribution in [0.4, 0.5) is 0 Å². The van der Waals surface area contributed by atoms with E-state index in [4.69, 9.17) is 4.21 Å². The van der Waals surface area contributed by atoms with Crippen LogP contribution in [0.5, 0.6) is 0 Å². The number of benzene rings is 4. The quantitative estimate of drug-likeness (QED) is 0.158. The Hall–Kier alpha value is -0.847. The minimum absolute atomic E-state index is 0. The Morgan fingerprint density at radius 1 is 0.696 bits per heavy atom. The van der Waals surface area contributed by atoms with E-state index >= 15 is 0 Å². The summed E-state index contributed by atoms with van der Waals surface area (Å²) in [5.41, 5.74) is 11.6. The second-order valence-corrected chi connectivity index (χ2v) is 30.5. The molecule has 0 N–H and O–H groups in total. The summed E-state index contributed by atoms with van der Waals surface area (Å²) in [6.07, 6.45) is 8.99. The number of hydrogen-bond acceptors (Lipinski definition) is 0. The Balaban J connectivity index is 0.00000240. The van der Waals surface area contributed by atoms with Crippen LogP contribution >= 0.6 is 70.0 Å². The summed E-state index contributed by atoms with van der Waals surface area (Å²) < 4.78 is 14.2. The molecule has 0 radical (unpaired) electrons. The van der Waals surface area contributed by atoms with Crippen LogP contribution in [-0.2, 0) is 35.5 Å². The fourth-order valence-electron chi connectivity index (χ4n) is 8.43. The summed E-state index contributed by atoms with van der Waals surface area (Å²) in [4.78, 5) is 0. The fourth-order valence-corrected chi connectivity index (χ4v) is 25.5. The predicted molar refractivity (Wildman–Crippen MR) is 222 cm³/mol. The van der Waals surface area contributed by atoms with Gasteiger partial charge < -0.3 is 0 Å². The third-order valence-electron chi connectivity index (χ3n) is 10.4. The van der Waals surface area contributed by atoms with Crippen molar-refractivity contribution in [1.29, 1.82) is 0 Å². The minimum atomic E-state index is -4.81. The Kier molecular flexibility index (Phi) is 10.8. The molecule has 5 heteroatoms. The normalized spacial score (nSPS) is 14.3. The summed E-state index contributed by atoms with van der Waals surface area (Å²) in [7, 11) is 0. The van der Waals surface area contributed by atoms with Crippen LogP contribution in [0.25, 0.3) is 11.1 Å². The van der Waals surface area contributed by atoms with Gasteiger partial charge in [-0.1, -0.05) is 0 Å². The van der Waals surface area contributed by atoms with Gasteiger partial charge in [-0.2, -0.15) is 0 Å². The van der Waals surface area contributed by atoms with Crippen molar-refractivity contribution in [3.63, 3.8) is 0 Å². The number of halogens is 4. The number of hydrogen-bond donors (Lipinski definition) is 0. The van der Waals surface area contributed by atoms with E-state index in [0.29, 0.717) is 0 Å². The van der Waals surface area contributed by atoms with E-state index < -0.39 is 18.3 Å². The van der Waals surface area contributed by atoms with E-state index in [1.54, 1.807) is 3.27 Å². The zero-order chi connectivity index (χ0) is 31.8. The third kappa shape index (κ3) is 5.88. The van der Waals surface area contributed by atoms with E-state index in [1.165, 1.54) is 61.5 Å². The fraction of sp³-hybridized carbons (Fsp3) is 0.293. The molecule has 0 amide bonds. The first-order valence-corrected chi connectivity index (χ1v) is 24.6. The van der Waals surface area contributed by atoms with E-state index in [0.717, 1.165) is 12.8 Å². The van der Waals surface area contributed by atoms with Gasteiger partial charge in [0.05, 0.1) is 0 Å². The number of fused-ring (bicyclic) bond motifs is 3. The molecule has 0 heterocycles. The molecule has 0 saturated heterocycles. The first-order valence-electron chi connectivity index (χ1n) is 15.8. The van der Waals surface area contributed by atoms with Crippen molar-refractivity contribution in [3.8, 4) is 11.1 Å². The average Bonchev–Trinajstić information content (AvgIpc) is 3.60. The third-order valence-corrected chi connectivity index (χ3v) is 28.5. The van der Waals surface area contributed by atoms with Gasteiger partial charge in [0.25, 0.3) is 0 Å². The maximum absolute atomic E-state index is 5.75. The SMILES string of the molecule is Cl.Cl.[CH2]=[Zr]([C]1=CC=CC1)([c]1ccc(I)cc1)([c]1ccc(I)cc1)[c]1c(C)c(C(C)(C)C)cc2c1Cc1cc(C)c(C(C)(C)C)cc1-2. The topological polar surface area (TPSA) is 0 Å². The molecule has 2 aliphatic carbocycles. The van der Waals surface area contributed by atoms with Crippen LogP contribution in [0, 0.1) is 21.0 Å². The van der Waals surface area contributed by atoms with Gasteiger partial charge in [-0.3, -0.25) is 0 Å². The molecular formula is C41H46Cl2I2Zr. The second-order valence-electron chi connectivity index (χ2n) is 15.2. The zero-order valence-electron chi connectivity index (χ0n) is 28.3. The van der Waals surface area contributed by atoms with Gasteiger partial charge in [0.15, 0.2) is 0 Å². The molecule has 46 heavy (non-hydrogen) atoms. The van der Waals surface area contributed by atoms with Crippen molar-refractivity contribution in [2.45, 2.75) is 79.1 Å². The predicted octanol–water partition coefficient (Wildman–Crippen LogP) is 10.8. The molecule has 0 aliphatic heterocycles. The van der Waals surface area contributed by atoms with E-state index in [2.05, 4.69) is 186 Å². The van der Waals surface area contributed by atoms with Crippen LogP contribution in [0.1, 0.15) is 81.3 Å². The van der Waals surface area contributed by atoms with Gasteiger partial charge in [-0.15, -0.1) is 24.8 Å². The Morgan fingerprint density at radius 3 is 1.65 bits per heavy atom. The summed E-state index contributed by atoms with van der Waals surface area (Å²) in [5.74, 6) is 0. The van der Waals surface area contributed by atoms with Crippen molar-refractivity contribution in [1.82, 2.24) is 0 Å². The Morgan fingerprint density at radius 2 is 1.20 bits per heavy atom. The second kappa shape index (κ2) is 13.1. The molecule has 4 aromatic carbocycles. The molecule has 0 nitrogen and oxygen atoms in total. The van der Waals surface area contributed by atoms with Crippen molar-refractivity contribution >= 4 is 84.0 Å². The molecular weight excluding hydrogens is 908 g/mol. The van der Waals surface area contributed by atoms with Gasteiger partial charge in [0, 0.05) is 0 Å². The van der Waals surface area contributed by atoms with Crippen molar-refractivity contribution in [2.75, 3.05) is 0 Å². The van der Waals surface area contributed by atoms with Crippen LogP contribution in [0.15, 0.2) is 88.2 Å². The zero-order valence-corrected chi connectivity index (χ0v) is 36.7. The molecule has 0 atom stereocenters. The molecule has 0 spiro atoms. The van der Waals surface area contributed by atoms with Crippen molar-refractivity contribution < 1.29 is 18.3 Å². The van der Waals surface area contributed by atoms with Gasteiger partial charge in [-0.05, 0) is 0 Å². The van der Waals surface area contributed by atoms with Crippen LogP contribution < -0.4 is 9.81 Å². The molecule has 0 fully saturated rings. The average molecular weight is 955 g/mol. The van der Waals surface area contributed by atoms with E-state index in [-0.39, 0.29) is 35.6 Å². The Bertz CT molecular complexity index is 1900. The molecule has 2 aliphatic rings. The molecule has 6 rings (SSSR count). The standard InChI is InChI=1S/C23H29.2C6H4I.C5H5.CH2.2ClH.Zr/c1-14-9-16-11-17-10-15(2)21(23(6,7)8)13-19(17)18(16)12-20(14)22(3,4)5;2*7-6-4-2-1-3-5-6;1-2-4-5-3-1;;;;/h9,12-13H,11H2,1-8H3;2*2-5H;1-3H,4H2;1H2;2*1H;. The number of rotatable bonds is 4. The molecule has 4 aromatic rings. The van der Waals surface area contributed by atoms with E-state index in [1.807, 2.05) is 0 Å². The van der Waals surface area contributed by atoms with Crippen molar-refractivity contribution in [3.05, 3.63) is 129 Å².